The van der Waals surface area contributed by atoms with Crippen molar-refractivity contribution in [1.29, 1.82) is 0 Å². The number of anilines is 2. The molecule has 0 spiro atoms. The second-order valence-corrected chi connectivity index (χ2v) is 8.01. The molecule has 0 saturated carbocycles. The van der Waals surface area contributed by atoms with Gasteiger partial charge in [-0.15, -0.1) is 11.3 Å². The topological polar surface area (TPSA) is 89.7 Å². The van der Waals surface area contributed by atoms with Crippen LogP contribution in [0.15, 0.2) is 4.90 Å². The van der Waals surface area contributed by atoms with E-state index in [1.54, 1.807) is 13.8 Å². The van der Waals surface area contributed by atoms with Crippen LogP contribution in [0.3, 0.4) is 0 Å². The molecule has 1 aromatic heterocycles. The van der Waals surface area contributed by atoms with Gasteiger partial charge < -0.3 is 15.4 Å². The Labute approximate surface area is 128 Å². The lowest BCUT2D eigenvalue weighted by atomic mass is 10.4. The summed E-state index contributed by atoms with van der Waals surface area (Å²) in [4.78, 5) is 14.2. The smallest absolute Gasteiger partial charge is 0.350 e. The molecule has 0 aliphatic carbocycles. The van der Waals surface area contributed by atoms with Gasteiger partial charge in [0.15, 0.2) is 9.84 Å². The maximum absolute atomic E-state index is 12.3. The molecule has 0 atom stereocenters. The number of nitrogens with zero attached hydrogens (tertiary/aromatic N) is 1. The highest BCUT2D eigenvalue weighted by Crippen LogP contribution is 2.43. The third-order valence-corrected chi connectivity index (χ3v) is 6.60. The standard InChI is InChI=1S/C13H20N2O4S2/c1-3-19-13(16)10-9(14)11(21(17,18)4-2)12(20-10)15-7-5-6-8-15/h3-8,14H2,1-2H3. The van der Waals surface area contributed by atoms with Crippen LogP contribution in [0.5, 0.6) is 0 Å². The number of carbonyl (C=O) groups excluding carboxylic acids is 1. The monoisotopic (exact) mass is 332 g/mol. The second kappa shape index (κ2) is 6.23. The highest BCUT2D eigenvalue weighted by Gasteiger charge is 2.32. The number of nitrogen functional groups attached to an aromatic ring is 1. The van der Waals surface area contributed by atoms with E-state index in [-0.39, 0.29) is 27.8 Å². The average molecular weight is 332 g/mol. The van der Waals surface area contributed by atoms with Crippen LogP contribution in [-0.2, 0) is 14.6 Å². The van der Waals surface area contributed by atoms with Gasteiger partial charge in [0.05, 0.1) is 18.0 Å². The molecule has 1 saturated heterocycles. The molecule has 1 aliphatic rings. The number of nitrogens with two attached hydrogens (primary N) is 1. The van der Waals surface area contributed by atoms with Crippen LogP contribution in [0.4, 0.5) is 10.7 Å². The quantitative estimate of drug-likeness (QED) is 0.828. The van der Waals surface area contributed by atoms with Crippen LogP contribution in [-0.4, -0.2) is 39.8 Å². The van der Waals surface area contributed by atoms with Crippen molar-refractivity contribution in [2.45, 2.75) is 31.6 Å². The summed E-state index contributed by atoms with van der Waals surface area (Å²) in [7, 11) is -3.49. The summed E-state index contributed by atoms with van der Waals surface area (Å²) in [6, 6.07) is 0. The van der Waals surface area contributed by atoms with Gasteiger partial charge in [-0.25, -0.2) is 13.2 Å². The minimum atomic E-state index is -3.49. The number of rotatable bonds is 5. The Morgan fingerprint density at radius 3 is 2.48 bits per heavy atom. The number of carbonyl (C=O) groups is 1. The lowest BCUT2D eigenvalue weighted by Crippen LogP contribution is -2.19. The Morgan fingerprint density at radius 1 is 1.33 bits per heavy atom. The van der Waals surface area contributed by atoms with Gasteiger partial charge in [0.1, 0.15) is 14.8 Å². The molecule has 0 amide bonds. The number of esters is 1. The van der Waals surface area contributed by atoms with E-state index in [0.717, 1.165) is 37.3 Å². The third-order valence-electron chi connectivity index (χ3n) is 3.43. The molecule has 21 heavy (non-hydrogen) atoms. The first-order valence-electron chi connectivity index (χ1n) is 6.99. The minimum absolute atomic E-state index is 0.0298. The number of sulfone groups is 1. The second-order valence-electron chi connectivity index (χ2n) is 4.80. The number of thiophene rings is 1. The molecule has 1 aliphatic heterocycles. The molecular formula is C13H20N2O4S2. The molecule has 2 N–H and O–H groups in total. The van der Waals surface area contributed by atoms with Gasteiger partial charge in [0, 0.05) is 13.1 Å². The fourth-order valence-electron chi connectivity index (χ4n) is 2.34. The first-order chi connectivity index (χ1) is 9.92. The van der Waals surface area contributed by atoms with E-state index >= 15 is 0 Å². The van der Waals surface area contributed by atoms with Gasteiger partial charge in [0.25, 0.3) is 0 Å². The summed E-state index contributed by atoms with van der Waals surface area (Å²) in [5.41, 5.74) is 6.00. The van der Waals surface area contributed by atoms with E-state index in [2.05, 4.69) is 0 Å². The van der Waals surface area contributed by atoms with E-state index in [1.807, 2.05) is 4.90 Å². The van der Waals surface area contributed by atoms with Crippen molar-refractivity contribution in [2.24, 2.45) is 0 Å². The summed E-state index contributed by atoms with van der Waals surface area (Å²) in [6.07, 6.45) is 2.02. The van der Waals surface area contributed by atoms with Crippen LogP contribution in [0.25, 0.3) is 0 Å². The third kappa shape index (κ3) is 3.01. The van der Waals surface area contributed by atoms with Crippen LogP contribution < -0.4 is 10.6 Å². The Bertz CT molecular complexity index is 631. The Kier molecular flexibility index (Phi) is 4.77. The Balaban J connectivity index is 2.57. The predicted molar refractivity (Wildman–Crippen MR) is 83.9 cm³/mol. The molecule has 0 unspecified atom stereocenters. The zero-order chi connectivity index (χ0) is 15.6. The molecule has 1 aromatic rings. The normalized spacial score (nSPS) is 15.4. The van der Waals surface area contributed by atoms with Crippen LogP contribution in [0.2, 0.25) is 0 Å². The molecule has 2 rings (SSSR count). The maximum atomic E-state index is 12.3. The zero-order valence-corrected chi connectivity index (χ0v) is 13.8. The molecular weight excluding hydrogens is 312 g/mol. The fourth-order valence-corrected chi connectivity index (χ4v) is 5.09. The molecule has 0 radical (unpaired) electrons. The lowest BCUT2D eigenvalue weighted by molar-refractivity contribution is 0.0533. The molecule has 2 heterocycles. The van der Waals surface area contributed by atoms with Gasteiger partial charge in [0.2, 0.25) is 0 Å². The van der Waals surface area contributed by atoms with Gasteiger partial charge in [-0.3, -0.25) is 0 Å². The van der Waals surface area contributed by atoms with E-state index in [0.29, 0.717) is 5.00 Å². The minimum Gasteiger partial charge on any atom is -0.462 e. The summed E-state index contributed by atoms with van der Waals surface area (Å²) in [5, 5.41) is 0.579. The van der Waals surface area contributed by atoms with Gasteiger partial charge in [-0.05, 0) is 19.8 Å². The van der Waals surface area contributed by atoms with Crippen molar-refractivity contribution in [2.75, 3.05) is 36.1 Å². The molecule has 0 bridgehead atoms. The van der Waals surface area contributed by atoms with Crippen molar-refractivity contribution < 1.29 is 17.9 Å². The number of hydrogen-bond acceptors (Lipinski definition) is 7. The van der Waals surface area contributed by atoms with Crippen molar-refractivity contribution in [3.8, 4) is 0 Å². The van der Waals surface area contributed by atoms with Gasteiger partial charge >= 0.3 is 5.97 Å². The van der Waals surface area contributed by atoms with E-state index in [9.17, 15) is 13.2 Å². The summed E-state index contributed by atoms with van der Waals surface area (Å²) < 4.78 is 29.6. The highest BCUT2D eigenvalue weighted by atomic mass is 32.2. The summed E-state index contributed by atoms with van der Waals surface area (Å²) in [5.74, 6) is -0.602. The highest BCUT2D eigenvalue weighted by molar-refractivity contribution is 7.92. The van der Waals surface area contributed by atoms with E-state index < -0.39 is 15.8 Å². The fraction of sp³-hybridized carbons (Fsp3) is 0.615. The van der Waals surface area contributed by atoms with Crippen LogP contribution in [0.1, 0.15) is 36.4 Å². The van der Waals surface area contributed by atoms with Crippen molar-refractivity contribution in [3.05, 3.63) is 4.88 Å². The SMILES string of the molecule is CCOC(=O)c1sc(N2CCCC2)c(S(=O)(=O)CC)c1N. The maximum Gasteiger partial charge on any atom is 0.350 e. The molecule has 118 valence electrons. The van der Waals surface area contributed by atoms with Gasteiger partial charge in [-0.2, -0.15) is 0 Å². The van der Waals surface area contributed by atoms with Crippen molar-refractivity contribution >= 4 is 37.8 Å². The molecule has 8 heteroatoms. The van der Waals surface area contributed by atoms with Crippen LogP contribution in [0, 0.1) is 0 Å². The molecule has 0 aromatic carbocycles. The average Bonchev–Trinajstić information content (AvgIpc) is 3.06. The first kappa shape index (κ1) is 16.1. The summed E-state index contributed by atoms with van der Waals surface area (Å²) >= 11 is 1.12. The summed E-state index contributed by atoms with van der Waals surface area (Å²) in [6.45, 7) is 5.07. The first-order valence-corrected chi connectivity index (χ1v) is 9.46. The van der Waals surface area contributed by atoms with Gasteiger partial charge in [-0.1, -0.05) is 6.92 Å². The van der Waals surface area contributed by atoms with Crippen molar-refractivity contribution in [1.82, 2.24) is 0 Å². The lowest BCUT2D eigenvalue weighted by Gasteiger charge is -2.17. The largest absolute Gasteiger partial charge is 0.462 e. The van der Waals surface area contributed by atoms with E-state index in [4.69, 9.17) is 10.5 Å². The van der Waals surface area contributed by atoms with Crippen LogP contribution >= 0.6 is 11.3 Å². The predicted octanol–water partition coefficient (Wildman–Crippen LogP) is 1.90. The number of ether oxygens (including phenoxy) is 1. The zero-order valence-electron chi connectivity index (χ0n) is 12.2. The number of hydrogen-bond donors (Lipinski definition) is 1. The Hall–Kier alpha value is -1.28. The van der Waals surface area contributed by atoms with E-state index in [1.165, 1.54) is 0 Å². The molecule has 6 nitrogen and oxygen atoms in total. The van der Waals surface area contributed by atoms with Crippen molar-refractivity contribution in [3.63, 3.8) is 0 Å². The Morgan fingerprint density at radius 2 is 1.95 bits per heavy atom. The molecule has 1 fully saturated rings.